The highest BCUT2D eigenvalue weighted by Gasteiger charge is 2.21. The number of para-hydroxylation sites is 1. The minimum Gasteiger partial charge on any atom is -0.308 e. The molecule has 1 amide bonds. The molecule has 0 aliphatic heterocycles. The molecule has 8 heteroatoms. The van der Waals surface area contributed by atoms with E-state index in [2.05, 4.69) is 25.6 Å². The van der Waals surface area contributed by atoms with Crippen molar-refractivity contribution in [1.29, 1.82) is 0 Å². The summed E-state index contributed by atoms with van der Waals surface area (Å²) in [5, 5.41) is 14.1. The quantitative estimate of drug-likeness (QED) is 0.571. The molecule has 0 spiro atoms. The van der Waals surface area contributed by atoms with Crippen molar-refractivity contribution >= 4 is 11.9 Å². The lowest BCUT2D eigenvalue weighted by molar-refractivity contribution is 0.102. The lowest BCUT2D eigenvalue weighted by Gasteiger charge is -2.10. The van der Waals surface area contributed by atoms with Crippen LogP contribution in [0.5, 0.6) is 0 Å². The molecule has 136 valence electrons. The number of aromatic nitrogens is 6. The Labute approximate surface area is 155 Å². The van der Waals surface area contributed by atoms with Crippen LogP contribution in [0, 0.1) is 0 Å². The zero-order valence-corrected chi connectivity index (χ0v) is 15.0. The van der Waals surface area contributed by atoms with Gasteiger partial charge in [-0.05, 0) is 24.3 Å². The summed E-state index contributed by atoms with van der Waals surface area (Å²) < 4.78 is 3.58. The van der Waals surface area contributed by atoms with E-state index in [1.807, 2.05) is 73.3 Å². The molecule has 0 saturated heterocycles. The molecule has 0 aliphatic rings. The molecule has 0 bridgehead atoms. The van der Waals surface area contributed by atoms with Crippen LogP contribution in [0.25, 0.3) is 11.5 Å². The maximum Gasteiger partial charge on any atom is 0.263 e. The molecule has 4 aromatic rings. The smallest absolute Gasteiger partial charge is 0.263 e. The summed E-state index contributed by atoms with van der Waals surface area (Å²) in [4.78, 5) is 17.2. The van der Waals surface area contributed by atoms with Crippen LogP contribution in [-0.4, -0.2) is 35.4 Å². The number of H-pyrrole nitrogens is 1. The molecular formula is C19H19N7O. The number of carbonyl (C=O) groups is 1. The van der Waals surface area contributed by atoms with Crippen LogP contribution < -0.4 is 5.32 Å². The van der Waals surface area contributed by atoms with Crippen molar-refractivity contribution in [2.75, 3.05) is 5.32 Å². The van der Waals surface area contributed by atoms with Crippen molar-refractivity contribution in [3.63, 3.8) is 0 Å². The van der Waals surface area contributed by atoms with Gasteiger partial charge in [-0.25, -0.2) is 4.68 Å². The molecule has 0 aliphatic carbocycles. The molecule has 4 rings (SSSR count). The highest BCUT2D eigenvalue weighted by molar-refractivity contribution is 6.05. The lowest BCUT2D eigenvalue weighted by atomic mass is 10.2. The van der Waals surface area contributed by atoms with Crippen molar-refractivity contribution in [3.8, 4) is 11.5 Å². The molecule has 3 aromatic heterocycles. The van der Waals surface area contributed by atoms with Gasteiger partial charge in [-0.1, -0.05) is 32.0 Å². The molecule has 0 saturated carbocycles. The van der Waals surface area contributed by atoms with Crippen molar-refractivity contribution < 1.29 is 4.79 Å². The van der Waals surface area contributed by atoms with Crippen LogP contribution in [0.2, 0.25) is 0 Å². The number of nitrogens with one attached hydrogen (secondary N) is 2. The standard InChI is InChI=1S/C19H19N7O/c1-13(2)16-21-19(24-23-16)22-17(27)15-12-20-26(14-8-4-3-5-9-14)18(15)25-10-6-7-11-25/h3-13H,1-2H3,(H2,21,22,23,24,27). The Bertz CT molecular complexity index is 1050. The minimum absolute atomic E-state index is 0.194. The summed E-state index contributed by atoms with van der Waals surface area (Å²) in [6.07, 6.45) is 5.29. The Balaban J connectivity index is 1.72. The second-order valence-corrected chi connectivity index (χ2v) is 6.37. The molecule has 3 heterocycles. The van der Waals surface area contributed by atoms with Gasteiger partial charge in [0.25, 0.3) is 5.91 Å². The number of benzene rings is 1. The number of carbonyl (C=O) groups excluding carboxylic acids is 1. The highest BCUT2D eigenvalue weighted by Crippen LogP contribution is 2.20. The van der Waals surface area contributed by atoms with E-state index in [9.17, 15) is 4.79 Å². The van der Waals surface area contributed by atoms with Gasteiger partial charge in [-0.3, -0.25) is 15.2 Å². The van der Waals surface area contributed by atoms with Gasteiger partial charge in [0.1, 0.15) is 11.4 Å². The maximum atomic E-state index is 12.9. The van der Waals surface area contributed by atoms with E-state index in [-0.39, 0.29) is 17.8 Å². The summed E-state index contributed by atoms with van der Waals surface area (Å²) in [6.45, 7) is 4.00. The van der Waals surface area contributed by atoms with Crippen molar-refractivity contribution in [2.24, 2.45) is 0 Å². The maximum absolute atomic E-state index is 12.9. The van der Waals surface area contributed by atoms with Crippen molar-refractivity contribution in [1.82, 2.24) is 29.5 Å². The van der Waals surface area contributed by atoms with Gasteiger partial charge >= 0.3 is 0 Å². The average molecular weight is 361 g/mol. The molecule has 8 nitrogen and oxygen atoms in total. The van der Waals surface area contributed by atoms with Gasteiger partial charge in [-0.15, -0.1) is 5.10 Å². The normalized spacial score (nSPS) is 11.1. The fraction of sp³-hybridized carbons (Fsp3) is 0.158. The SMILES string of the molecule is CC(C)c1nc(NC(=O)c2cnn(-c3ccccc3)c2-n2cccc2)n[nH]1. The zero-order chi connectivity index (χ0) is 18.8. The molecule has 0 fully saturated rings. The van der Waals surface area contributed by atoms with Crippen LogP contribution in [-0.2, 0) is 0 Å². The molecule has 0 atom stereocenters. The van der Waals surface area contributed by atoms with Crippen LogP contribution in [0.4, 0.5) is 5.95 Å². The second-order valence-electron chi connectivity index (χ2n) is 6.37. The van der Waals surface area contributed by atoms with E-state index in [0.717, 1.165) is 11.5 Å². The Hall–Kier alpha value is -3.68. The number of aromatic amines is 1. The minimum atomic E-state index is -0.324. The summed E-state index contributed by atoms with van der Waals surface area (Å²) in [7, 11) is 0. The predicted molar refractivity (Wildman–Crippen MR) is 101 cm³/mol. The average Bonchev–Trinajstić information content (AvgIpc) is 3.41. The van der Waals surface area contributed by atoms with Gasteiger partial charge in [0.2, 0.25) is 5.95 Å². The first kappa shape index (κ1) is 16.8. The monoisotopic (exact) mass is 361 g/mol. The number of rotatable bonds is 5. The third-order valence-corrected chi connectivity index (χ3v) is 4.11. The molecule has 0 unspecified atom stereocenters. The number of nitrogens with zero attached hydrogens (tertiary/aromatic N) is 5. The van der Waals surface area contributed by atoms with Crippen molar-refractivity contribution in [3.05, 3.63) is 72.4 Å². The summed E-state index contributed by atoms with van der Waals surface area (Å²) >= 11 is 0. The zero-order valence-electron chi connectivity index (χ0n) is 15.0. The summed E-state index contributed by atoms with van der Waals surface area (Å²) in [5.41, 5.74) is 1.28. The fourth-order valence-corrected chi connectivity index (χ4v) is 2.74. The van der Waals surface area contributed by atoms with E-state index in [0.29, 0.717) is 11.4 Å². The van der Waals surface area contributed by atoms with E-state index in [4.69, 9.17) is 0 Å². The predicted octanol–water partition coefficient (Wildman–Crippen LogP) is 3.16. The van der Waals surface area contributed by atoms with Crippen molar-refractivity contribution in [2.45, 2.75) is 19.8 Å². The summed E-state index contributed by atoms with van der Waals surface area (Å²) in [6, 6.07) is 13.5. The first-order chi connectivity index (χ1) is 13.1. The molecule has 1 aromatic carbocycles. The molecule has 0 radical (unpaired) electrons. The van der Waals surface area contributed by atoms with Crippen LogP contribution in [0.15, 0.2) is 61.1 Å². The fourth-order valence-electron chi connectivity index (χ4n) is 2.74. The van der Waals surface area contributed by atoms with E-state index >= 15 is 0 Å². The van der Waals surface area contributed by atoms with Gasteiger partial charge in [0.15, 0.2) is 5.82 Å². The number of hydrogen-bond donors (Lipinski definition) is 2. The third kappa shape index (κ3) is 3.24. The molecule has 27 heavy (non-hydrogen) atoms. The van der Waals surface area contributed by atoms with E-state index in [1.54, 1.807) is 10.9 Å². The number of amides is 1. The van der Waals surface area contributed by atoms with Gasteiger partial charge < -0.3 is 4.57 Å². The van der Waals surface area contributed by atoms with E-state index < -0.39 is 0 Å². The molecule has 2 N–H and O–H groups in total. The Morgan fingerprint density at radius 1 is 1.11 bits per heavy atom. The Kier molecular flexibility index (Phi) is 4.29. The van der Waals surface area contributed by atoms with Gasteiger partial charge in [0.05, 0.1) is 11.9 Å². The Morgan fingerprint density at radius 3 is 2.52 bits per heavy atom. The topological polar surface area (TPSA) is 93.4 Å². The molecular weight excluding hydrogens is 342 g/mol. The van der Waals surface area contributed by atoms with Crippen LogP contribution in [0.1, 0.15) is 35.9 Å². The largest absolute Gasteiger partial charge is 0.308 e. The summed E-state index contributed by atoms with van der Waals surface area (Å²) in [5.74, 6) is 1.48. The van der Waals surface area contributed by atoms with Gasteiger partial charge in [0, 0.05) is 18.3 Å². The second kappa shape index (κ2) is 6.91. The Morgan fingerprint density at radius 2 is 1.85 bits per heavy atom. The van der Waals surface area contributed by atoms with Gasteiger partial charge in [-0.2, -0.15) is 10.1 Å². The number of hydrogen-bond acceptors (Lipinski definition) is 4. The van der Waals surface area contributed by atoms with E-state index in [1.165, 1.54) is 0 Å². The number of anilines is 1. The van der Waals surface area contributed by atoms with Crippen LogP contribution >= 0.6 is 0 Å². The van der Waals surface area contributed by atoms with Crippen LogP contribution in [0.3, 0.4) is 0 Å². The third-order valence-electron chi connectivity index (χ3n) is 4.11. The highest BCUT2D eigenvalue weighted by atomic mass is 16.1. The first-order valence-corrected chi connectivity index (χ1v) is 8.64. The first-order valence-electron chi connectivity index (χ1n) is 8.64. The lowest BCUT2D eigenvalue weighted by Crippen LogP contribution is -2.16.